The molecule has 3 aromatic rings. The lowest BCUT2D eigenvalue weighted by Gasteiger charge is -2.39. The second kappa shape index (κ2) is 13.4. The topological polar surface area (TPSA) is 140 Å². The molecule has 0 bridgehead atoms. The number of furan rings is 1. The first-order chi connectivity index (χ1) is 20.6. The number of ether oxygens (including phenoxy) is 1. The van der Waals surface area contributed by atoms with Gasteiger partial charge in [0.15, 0.2) is 0 Å². The number of nitrogens with zero attached hydrogens (tertiary/aromatic N) is 6. The van der Waals surface area contributed by atoms with Crippen molar-refractivity contribution in [3.63, 3.8) is 0 Å². The highest BCUT2D eigenvalue weighted by Crippen LogP contribution is 2.32. The molecular formula is C32H47N7O5. The highest BCUT2D eigenvalue weighted by Gasteiger charge is 2.37. The zero-order valence-corrected chi connectivity index (χ0v) is 27.5. The van der Waals surface area contributed by atoms with Crippen LogP contribution in [0, 0.1) is 18.8 Å². The summed E-state index contributed by atoms with van der Waals surface area (Å²) in [4.78, 5) is 40.4. The van der Waals surface area contributed by atoms with Crippen molar-refractivity contribution in [3.8, 4) is 0 Å². The molecule has 0 aliphatic carbocycles. The van der Waals surface area contributed by atoms with Crippen LogP contribution in [0.25, 0.3) is 0 Å². The maximum absolute atomic E-state index is 14.3. The predicted octanol–water partition coefficient (Wildman–Crippen LogP) is 5.81. The third-order valence-corrected chi connectivity index (χ3v) is 7.13. The Morgan fingerprint density at radius 1 is 1.16 bits per heavy atom. The maximum Gasteiger partial charge on any atom is 0.410 e. The number of hydrogen-bond donors (Lipinski definition) is 1. The van der Waals surface area contributed by atoms with Gasteiger partial charge in [-0.05, 0) is 51.2 Å². The molecule has 1 N–H and O–H groups in total. The number of rotatable bonds is 9. The van der Waals surface area contributed by atoms with E-state index in [1.807, 2.05) is 58.6 Å². The molecule has 4 rings (SSSR count). The molecule has 2 atom stereocenters. The summed E-state index contributed by atoms with van der Waals surface area (Å²) >= 11 is 0. The number of anilines is 1. The lowest BCUT2D eigenvalue weighted by Crippen LogP contribution is -2.49. The van der Waals surface area contributed by atoms with Crippen LogP contribution in [0.1, 0.15) is 101 Å². The number of piperidine rings is 1. The van der Waals surface area contributed by atoms with Crippen LogP contribution in [0.4, 0.5) is 10.6 Å². The molecule has 0 spiro atoms. The van der Waals surface area contributed by atoms with Crippen molar-refractivity contribution < 1.29 is 23.2 Å². The van der Waals surface area contributed by atoms with Crippen molar-refractivity contribution in [3.05, 3.63) is 53.5 Å². The smallest absolute Gasteiger partial charge is 0.410 e. The Hall–Kier alpha value is -3.96. The lowest BCUT2D eigenvalue weighted by atomic mass is 9.88. The van der Waals surface area contributed by atoms with Gasteiger partial charge in [0.05, 0.1) is 18.7 Å². The van der Waals surface area contributed by atoms with Gasteiger partial charge >= 0.3 is 6.09 Å². The average Bonchev–Trinajstić information content (AvgIpc) is 3.61. The number of amides is 2. The molecule has 1 unspecified atom stereocenters. The number of hydrogen-bond acceptors (Lipinski definition) is 10. The van der Waals surface area contributed by atoms with E-state index < -0.39 is 11.7 Å². The van der Waals surface area contributed by atoms with Crippen molar-refractivity contribution in [2.24, 2.45) is 11.8 Å². The summed E-state index contributed by atoms with van der Waals surface area (Å²) in [6.07, 6.45) is 3.50. The maximum atomic E-state index is 14.3. The van der Waals surface area contributed by atoms with E-state index in [0.29, 0.717) is 68.1 Å². The lowest BCUT2D eigenvalue weighted by molar-refractivity contribution is 0.0105. The minimum absolute atomic E-state index is 0.0644. The van der Waals surface area contributed by atoms with Crippen LogP contribution in [0.5, 0.6) is 0 Å². The van der Waals surface area contributed by atoms with E-state index in [2.05, 4.69) is 34.3 Å². The van der Waals surface area contributed by atoms with Gasteiger partial charge in [0, 0.05) is 44.7 Å². The molecule has 1 fully saturated rings. The van der Waals surface area contributed by atoms with Crippen LogP contribution in [-0.2, 0) is 16.7 Å². The van der Waals surface area contributed by atoms with Crippen molar-refractivity contribution in [1.29, 1.82) is 0 Å². The van der Waals surface area contributed by atoms with Gasteiger partial charge in [0.1, 0.15) is 28.6 Å². The minimum Gasteiger partial charge on any atom is -0.467 e. The fraction of sp³-hybridized carbons (Fsp3) is 0.625. The quantitative estimate of drug-likeness (QED) is 0.316. The Labute approximate surface area is 260 Å². The highest BCUT2D eigenvalue weighted by molar-refractivity contribution is 5.98. The van der Waals surface area contributed by atoms with Gasteiger partial charge in [-0.2, -0.15) is 0 Å². The second-order valence-electron chi connectivity index (χ2n) is 14.1. The fourth-order valence-electron chi connectivity index (χ4n) is 5.25. The first kappa shape index (κ1) is 32.9. The van der Waals surface area contributed by atoms with Gasteiger partial charge in [-0.25, -0.2) is 14.8 Å². The molecule has 3 aromatic heterocycles. The molecule has 1 aliphatic heterocycles. The summed E-state index contributed by atoms with van der Waals surface area (Å²) in [5.41, 5.74) is -0.567. The zero-order chi connectivity index (χ0) is 32.2. The molecule has 0 radical (unpaired) electrons. The Kier molecular flexibility index (Phi) is 10.00. The Morgan fingerprint density at radius 3 is 2.50 bits per heavy atom. The van der Waals surface area contributed by atoms with Crippen LogP contribution in [0.2, 0.25) is 0 Å². The molecule has 0 saturated carbocycles. The number of likely N-dealkylation sites (tertiary alicyclic amines) is 1. The average molecular weight is 610 g/mol. The fourth-order valence-corrected chi connectivity index (χ4v) is 5.25. The summed E-state index contributed by atoms with van der Waals surface area (Å²) < 4.78 is 17.0. The summed E-state index contributed by atoms with van der Waals surface area (Å²) in [7, 11) is 0. The standard InChI is InChI=1S/C32H47N7O5/c1-20(2)16-38(28(40)25-15-34-29(31(4,5)6)35-26(25)33-14-24-11-10-12-42-24)17-22-13-23(27-37-36-21(3)43-27)19-39(18-22)30(41)44-32(7,8)9/h10-12,15,20,22-23H,13-14,16-19H2,1-9H3,(H,33,34,35)/t22?,23-/m1/s1. The third-order valence-electron chi connectivity index (χ3n) is 7.13. The van der Waals surface area contributed by atoms with Crippen LogP contribution in [0.3, 0.4) is 0 Å². The molecule has 1 saturated heterocycles. The van der Waals surface area contributed by atoms with Crippen LogP contribution in [-0.4, -0.2) is 73.7 Å². The molecule has 12 nitrogen and oxygen atoms in total. The number of aryl methyl sites for hydroxylation is 1. The number of carbonyl (C=O) groups excluding carboxylic acids is 2. The molecule has 0 aromatic carbocycles. The Balaban J connectivity index is 1.63. The Morgan fingerprint density at radius 2 is 1.91 bits per heavy atom. The van der Waals surface area contributed by atoms with Crippen molar-refractivity contribution >= 4 is 17.8 Å². The summed E-state index contributed by atoms with van der Waals surface area (Å²) in [5.74, 6) is 2.54. The van der Waals surface area contributed by atoms with E-state index in [4.69, 9.17) is 18.6 Å². The number of aromatic nitrogens is 4. The molecule has 12 heteroatoms. The monoisotopic (exact) mass is 609 g/mol. The van der Waals surface area contributed by atoms with Crippen molar-refractivity contribution in [1.82, 2.24) is 30.0 Å². The van der Waals surface area contributed by atoms with Crippen molar-refractivity contribution in [2.75, 3.05) is 31.5 Å². The molecule has 44 heavy (non-hydrogen) atoms. The zero-order valence-electron chi connectivity index (χ0n) is 27.5. The summed E-state index contributed by atoms with van der Waals surface area (Å²) in [6.45, 7) is 19.7. The Bertz CT molecular complexity index is 1400. The van der Waals surface area contributed by atoms with E-state index in [1.165, 1.54) is 0 Å². The highest BCUT2D eigenvalue weighted by atomic mass is 16.6. The van der Waals surface area contributed by atoms with Gasteiger partial charge in [0.25, 0.3) is 5.91 Å². The SMILES string of the molecule is Cc1nnc([C@@H]2CC(CN(CC(C)C)C(=O)c3cnc(C(C)(C)C)nc3NCc3ccco3)CN(C(=O)OC(C)(C)C)C2)o1. The van der Waals surface area contributed by atoms with E-state index in [0.717, 1.165) is 5.76 Å². The second-order valence-corrected chi connectivity index (χ2v) is 14.1. The number of nitrogens with one attached hydrogen (secondary N) is 1. The molecule has 2 amide bonds. The predicted molar refractivity (Wildman–Crippen MR) is 165 cm³/mol. The van der Waals surface area contributed by atoms with Gasteiger partial charge in [-0.3, -0.25) is 4.79 Å². The van der Waals surface area contributed by atoms with Gasteiger partial charge in [-0.1, -0.05) is 34.6 Å². The van der Waals surface area contributed by atoms with Crippen LogP contribution >= 0.6 is 0 Å². The van der Waals surface area contributed by atoms with E-state index in [-0.39, 0.29) is 29.1 Å². The van der Waals surface area contributed by atoms with E-state index in [9.17, 15) is 9.59 Å². The molecule has 240 valence electrons. The van der Waals surface area contributed by atoms with E-state index >= 15 is 0 Å². The molecular weight excluding hydrogens is 562 g/mol. The van der Waals surface area contributed by atoms with Gasteiger partial charge < -0.3 is 28.7 Å². The normalized spacial score (nSPS) is 17.5. The largest absolute Gasteiger partial charge is 0.467 e. The van der Waals surface area contributed by atoms with Gasteiger partial charge in [-0.15, -0.1) is 10.2 Å². The minimum atomic E-state index is -0.640. The van der Waals surface area contributed by atoms with Gasteiger partial charge in [0.2, 0.25) is 11.8 Å². The molecule has 4 heterocycles. The number of carbonyl (C=O) groups is 2. The van der Waals surface area contributed by atoms with E-state index in [1.54, 1.807) is 24.3 Å². The summed E-state index contributed by atoms with van der Waals surface area (Å²) in [5, 5.41) is 11.6. The third kappa shape index (κ3) is 8.79. The first-order valence-corrected chi connectivity index (χ1v) is 15.3. The van der Waals surface area contributed by atoms with Crippen molar-refractivity contribution in [2.45, 2.75) is 92.2 Å². The summed E-state index contributed by atoms with van der Waals surface area (Å²) in [6, 6.07) is 3.69. The van der Waals surface area contributed by atoms with Crippen LogP contribution < -0.4 is 5.32 Å². The molecule has 1 aliphatic rings. The van der Waals surface area contributed by atoms with Crippen LogP contribution in [0.15, 0.2) is 33.4 Å². The first-order valence-electron chi connectivity index (χ1n) is 15.3.